The van der Waals surface area contributed by atoms with E-state index in [4.69, 9.17) is 4.74 Å². The smallest absolute Gasteiger partial charge is 0.408 e. The lowest BCUT2D eigenvalue weighted by Crippen LogP contribution is -2.43. The minimum Gasteiger partial charge on any atom is -0.444 e. The van der Waals surface area contributed by atoms with Crippen LogP contribution in [0.3, 0.4) is 0 Å². The number of nitrogens with one attached hydrogen (secondary N) is 2. The molecule has 5 heteroatoms. The summed E-state index contributed by atoms with van der Waals surface area (Å²) < 4.78 is 5.38. The molecule has 0 aliphatic rings. The first-order valence-corrected chi connectivity index (χ1v) is 10.3. The van der Waals surface area contributed by atoms with E-state index in [1.165, 1.54) is 0 Å². The van der Waals surface area contributed by atoms with Crippen LogP contribution in [0.2, 0.25) is 0 Å². The predicted molar refractivity (Wildman–Crippen MR) is 121 cm³/mol. The van der Waals surface area contributed by atoms with Crippen molar-refractivity contribution in [2.75, 3.05) is 0 Å². The maximum Gasteiger partial charge on any atom is 0.408 e. The Morgan fingerprint density at radius 1 is 0.677 bits per heavy atom. The predicted octanol–water partition coefficient (Wildman–Crippen LogP) is 5.16. The van der Waals surface area contributed by atoms with Crippen LogP contribution in [0, 0.1) is 0 Å². The molecule has 0 aromatic heterocycles. The molecule has 3 rings (SSSR count). The fraction of sp³-hybridized carbons (Fsp3) is 0.231. The van der Waals surface area contributed by atoms with E-state index in [2.05, 4.69) is 10.6 Å². The first-order valence-electron chi connectivity index (χ1n) is 10.3. The third-order valence-corrected chi connectivity index (χ3v) is 4.61. The molecular formula is C26H28N2O3. The lowest BCUT2D eigenvalue weighted by Gasteiger charge is -2.26. The van der Waals surface area contributed by atoms with Gasteiger partial charge in [-0.05, 0) is 37.5 Å². The van der Waals surface area contributed by atoms with E-state index in [0.29, 0.717) is 5.56 Å². The van der Waals surface area contributed by atoms with Gasteiger partial charge in [-0.2, -0.15) is 0 Å². The Morgan fingerprint density at radius 2 is 1.10 bits per heavy atom. The summed E-state index contributed by atoms with van der Waals surface area (Å²) in [6.07, 6.45) is -0.646. The average Bonchev–Trinajstić information content (AvgIpc) is 2.76. The summed E-state index contributed by atoms with van der Waals surface area (Å²) in [5.74, 6) is -0.324. The van der Waals surface area contributed by atoms with Crippen LogP contribution in [0.5, 0.6) is 0 Å². The molecule has 3 aromatic carbocycles. The van der Waals surface area contributed by atoms with Crippen molar-refractivity contribution in [1.82, 2.24) is 10.6 Å². The van der Waals surface area contributed by atoms with Crippen LogP contribution >= 0.6 is 0 Å². The summed E-state index contributed by atoms with van der Waals surface area (Å²) in [5.41, 5.74) is 1.90. The number of amides is 2. The second-order valence-corrected chi connectivity index (χ2v) is 8.25. The molecule has 31 heavy (non-hydrogen) atoms. The van der Waals surface area contributed by atoms with Gasteiger partial charge in [-0.1, -0.05) is 91.0 Å². The quantitative estimate of drug-likeness (QED) is 0.583. The second kappa shape index (κ2) is 9.94. The molecule has 2 N–H and O–H groups in total. The Kier molecular flexibility index (Phi) is 7.08. The molecule has 0 heterocycles. The summed E-state index contributed by atoms with van der Waals surface area (Å²) in [6, 6.07) is 27.4. The molecule has 160 valence electrons. The van der Waals surface area contributed by atoms with Crippen molar-refractivity contribution in [3.05, 3.63) is 108 Å². The highest BCUT2D eigenvalue weighted by atomic mass is 16.6. The number of hydrogen-bond donors (Lipinski definition) is 2. The van der Waals surface area contributed by atoms with Crippen LogP contribution in [-0.4, -0.2) is 17.6 Å². The molecule has 0 radical (unpaired) electrons. The Labute approximate surface area is 183 Å². The molecule has 3 aromatic rings. The van der Waals surface area contributed by atoms with E-state index in [-0.39, 0.29) is 11.9 Å². The fourth-order valence-corrected chi connectivity index (χ4v) is 3.25. The van der Waals surface area contributed by atoms with E-state index in [0.717, 1.165) is 11.1 Å². The van der Waals surface area contributed by atoms with Gasteiger partial charge in [0.1, 0.15) is 11.6 Å². The maximum atomic E-state index is 13.4. The number of carbonyl (C=O) groups is 2. The van der Waals surface area contributed by atoms with Crippen LogP contribution in [0.25, 0.3) is 0 Å². The van der Waals surface area contributed by atoms with Crippen molar-refractivity contribution in [2.24, 2.45) is 0 Å². The Bertz CT molecular complexity index is 944. The second-order valence-electron chi connectivity index (χ2n) is 8.25. The van der Waals surface area contributed by atoms with Gasteiger partial charge in [0.2, 0.25) is 5.91 Å². The maximum absolute atomic E-state index is 13.4. The zero-order chi connectivity index (χ0) is 22.3. The molecular weight excluding hydrogens is 388 g/mol. The lowest BCUT2D eigenvalue weighted by molar-refractivity contribution is -0.123. The normalized spacial score (nSPS) is 12.1. The van der Waals surface area contributed by atoms with Crippen molar-refractivity contribution < 1.29 is 14.3 Å². The molecule has 0 unspecified atom stereocenters. The van der Waals surface area contributed by atoms with Crippen molar-refractivity contribution in [2.45, 2.75) is 38.5 Å². The minimum absolute atomic E-state index is 0.324. The third-order valence-electron chi connectivity index (χ3n) is 4.61. The Balaban J connectivity index is 1.89. The fourth-order valence-electron chi connectivity index (χ4n) is 3.25. The van der Waals surface area contributed by atoms with Gasteiger partial charge in [-0.25, -0.2) is 4.79 Å². The van der Waals surface area contributed by atoms with Gasteiger partial charge in [0.25, 0.3) is 0 Å². The lowest BCUT2D eigenvalue weighted by atomic mass is 9.97. The SMILES string of the molecule is CC(C)(C)OC(=O)N[C@@H](C(=O)NC(c1ccccc1)c1ccccc1)c1ccccc1. The topological polar surface area (TPSA) is 67.4 Å². The van der Waals surface area contributed by atoms with Crippen molar-refractivity contribution >= 4 is 12.0 Å². The summed E-state index contributed by atoms with van der Waals surface area (Å²) in [5, 5.41) is 5.83. The molecule has 0 spiro atoms. The Morgan fingerprint density at radius 3 is 1.52 bits per heavy atom. The van der Waals surface area contributed by atoms with Crippen LogP contribution in [0.1, 0.15) is 49.5 Å². The van der Waals surface area contributed by atoms with Crippen molar-refractivity contribution in [1.29, 1.82) is 0 Å². The molecule has 0 aliphatic heterocycles. The number of alkyl carbamates (subject to hydrolysis) is 1. The standard InChI is InChI=1S/C26H28N2O3/c1-26(2,3)31-25(30)28-23(21-17-11-6-12-18-21)24(29)27-22(19-13-7-4-8-14-19)20-15-9-5-10-16-20/h4-18,22-23H,1-3H3,(H,27,29)(H,28,30)/t23-/m1/s1. The number of carbonyl (C=O) groups excluding carboxylic acids is 2. The summed E-state index contributed by atoms with van der Waals surface area (Å²) in [6.45, 7) is 5.35. The monoisotopic (exact) mass is 416 g/mol. The van der Waals surface area contributed by atoms with Crippen molar-refractivity contribution in [3.63, 3.8) is 0 Å². The van der Waals surface area contributed by atoms with Crippen molar-refractivity contribution in [3.8, 4) is 0 Å². The molecule has 2 amide bonds. The average molecular weight is 417 g/mol. The van der Waals surface area contributed by atoms with Gasteiger partial charge in [0.05, 0.1) is 6.04 Å². The molecule has 0 aliphatic carbocycles. The summed E-state index contributed by atoms with van der Waals surface area (Å²) in [7, 11) is 0. The van der Waals surface area contributed by atoms with Gasteiger partial charge >= 0.3 is 6.09 Å². The van der Waals surface area contributed by atoms with Gasteiger partial charge in [-0.3, -0.25) is 4.79 Å². The summed E-state index contributed by atoms with van der Waals surface area (Å²) in [4.78, 5) is 25.9. The highest BCUT2D eigenvalue weighted by molar-refractivity contribution is 5.87. The molecule has 0 saturated heterocycles. The van der Waals surface area contributed by atoms with Crippen LogP contribution in [0.4, 0.5) is 4.79 Å². The molecule has 0 fully saturated rings. The molecule has 5 nitrogen and oxygen atoms in total. The van der Waals surface area contributed by atoms with E-state index >= 15 is 0 Å². The third kappa shape index (κ3) is 6.44. The zero-order valence-electron chi connectivity index (χ0n) is 18.0. The van der Waals surface area contributed by atoms with E-state index in [9.17, 15) is 9.59 Å². The molecule has 0 bridgehead atoms. The number of hydrogen-bond acceptors (Lipinski definition) is 3. The number of ether oxygens (including phenoxy) is 1. The summed E-state index contributed by atoms with van der Waals surface area (Å²) >= 11 is 0. The van der Waals surface area contributed by atoms with E-state index < -0.39 is 17.7 Å². The van der Waals surface area contributed by atoms with Gasteiger partial charge in [0, 0.05) is 0 Å². The van der Waals surface area contributed by atoms with Crippen LogP contribution < -0.4 is 10.6 Å². The number of rotatable bonds is 6. The highest BCUT2D eigenvalue weighted by Crippen LogP contribution is 2.24. The van der Waals surface area contributed by atoms with Gasteiger partial charge in [-0.15, -0.1) is 0 Å². The van der Waals surface area contributed by atoms with Gasteiger partial charge < -0.3 is 15.4 Å². The van der Waals surface area contributed by atoms with E-state index in [1.807, 2.05) is 91.0 Å². The highest BCUT2D eigenvalue weighted by Gasteiger charge is 2.28. The number of benzene rings is 3. The first-order chi connectivity index (χ1) is 14.8. The zero-order valence-corrected chi connectivity index (χ0v) is 18.0. The largest absolute Gasteiger partial charge is 0.444 e. The Hall–Kier alpha value is -3.60. The van der Waals surface area contributed by atoms with Crippen LogP contribution in [0.15, 0.2) is 91.0 Å². The van der Waals surface area contributed by atoms with Crippen LogP contribution in [-0.2, 0) is 9.53 Å². The van der Waals surface area contributed by atoms with E-state index in [1.54, 1.807) is 20.8 Å². The van der Waals surface area contributed by atoms with Gasteiger partial charge in [0.15, 0.2) is 0 Å². The first kappa shape index (κ1) is 22.1. The minimum atomic E-state index is -0.897. The molecule has 0 saturated carbocycles. The molecule has 1 atom stereocenters.